The topological polar surface area (TPSA) is 78.9 Å². The molecule has 0 aromatic heterocycles. The Morgan fingerprint density at radius 2 is 0.457 bits per heavy atom. The number of unbranched alkanes of at least 4 members (excludes halogenated alkanes) is 51. The van der Waals surface area contributed by atoms with Crippen molar-refractivity contribution in [3.63, 3.8) is 0 Å². The van der Waals surface area contributed by atoms with Crippen LogP contribution in [-0.2, 0) is 28.6 Å². The van der Waals surface area contributed by atoms with Crippen LogP contribution in [0, 0.1) is 0 Å². The second kappa shape index (κ2) is 70.1. The third-order valence-electron chi connectivity index (χ3n) is 16.6. The lowest BCUT2D eigenvalue weighted by molar-refractivity contribution is -0.167. The third kappa shape index (κ3) is 68.3. The van der Waals surface area contributed by atoms with Gasteiger partial charge in [-0.15, -0.1) is 0 Å². The van der Waals surface area contributed by atoms with Crippen molar-refractivity contribution in [2.45, 2.75) is 412 Å². The first-order valence-corrected chi connectivity index (χ1v) is 36.5. The summed E-state index contributed by atoms with van der Waals surface area (Å²) < 4.78 is 17.0. The normalized spacial score (nSPS) is 12.2. The molecular formula is C75H140O6. The maximum atomic E-state index is 13.0. The molecule has 0 saturated heterocycles. The summed E-state index contributed by atoms with van der Waals surface area (Å²) >= 11 is 0. The van der Waals surface area contributed by atoms with Gasteiger partial charge in [0.05, 0.1) is 0 Å². The summed E-state index contributed by atoms with van der Waals surface area (Å²) in [4.78, 5) is 38.5. The Hall–Kier alpha value is -2.37. The predicted molar refractivity (Wildman–Crippen MR) is 353 cm³/mol. The number of hydrogen-bond donors (Lipinski definition) is 0. The molecule has 0 N–H and O–H groups in total. The molecule has 81 heavy (non-hydrogen) atoms. The molecule has 0 rings (SSSR count). The fraction of sp³-hybridized carbons (Fsp3) is 0.880. The highest BCUT2D eigenvalue weighted by molar-refractivity contribution is 5.71. The first-order valence-electron chi connectivity index (χ1n) is 36.5. The van der Waals surface area contributed by atoms with Crippen molar-refractivity contribution >= 4 is 17.9 Å². The van der Waals surface area contributed by atoms with E-state index in [0.29, 0.717) is 19.3 Å². The zero-order chi connectivity index (χ0) is 58.5. The SMILES string of the molecule is CCCC/C=C\C/C=C\CCCCCCCC(=O)OCC(COC(=O)CCCCCCCCCCCCCCC/C=C\CCCCCCCCCC)OC(=O)CCCCCCCCCCCCCCCCCCCCCCCCCC. The van der Waals surface area contributed by atoms with Crippen molar-refractivity contribution < 1.29 is 28.6 Å². The molecule has 476 valence electrons. The van der Waals surface area contributed by atoms with Crippen LogP contribution < -0.4 is 0 Å². The molecule has 0 radical (unpaired) electrons. The van der Waals surface area contributed by atoms with Gasteiger partial charge in [-0.2, -0.15) is 0 Å². The minimum absolute atomic E-state index is 0.0718. The van der Waals surface area contributed by atoms with Crippen molar-refractivity contribution in [1.82, 2.24) is 0 Å². The third-order valence-corrected chi connectivity index (χ3v) is 16.6. The van der Waals surface area contributed by atoms with Gasteiger partial charge in [0.2, 0.25) is 0 Å². The number of allylic oxidation sites excluding steroid dienone is 6. The first-order chi connectivity index (χ1) is 40.0. The Bertz CT molecular complexity index is 1350. The van der Waals surface area contributed by atoms with Crippen molar-refractivity contribution in [3.05, 3.63) is 36.5 Å². The van der Waals surface area contributed by atoms with Gasteiger partial charge in [-0.05, 0) is 70.6 Å². The molecule has 0 bridgehead atoms. The van der Waals surface area contributed by atoms with Gasteiger partial charge in [-0.3, -0.25) is 14.4 Å². The van der Waals surface area contributed by atoms with Gasteiger partial charge in [0.25, 0.3) is 0 Å². The lowest BCUT2D eigenvalue weighted by Crippen LogP contribution is -2.30. The van der Waals surface area contributed by atoms with E-state index in [4.69, 9.17) is 14.2 Å². The van der Waals surface area contributed by atoms with Crippen LogP contribution in [0.25, 0.3) is 0 Å². The predicted octanol–water partition coefficient (Wildman–Crippen LogP) is 25.1. The molecule has 1 unspecified atom stereocenters. The van der Waals surface area contributed by atoms with Crippen molar-refractivity contribution in [2.24, 2.45) is 0 Å². The van der Waals surface area contributed by atoms with Gasteiger partial charge in [-0.1, -0.05) is 353 Å². The molecule has 0 aliphatic heterocycles. The summed E-state index contributed by atoms with van der Waals surface area (Å²) in [6.07, 6.45) is 87.6. The van der Waals surface area contributed by atoms with Crippen molar-refractivity contribution in [1.29, 1.82) is 0 Å². The minimum atomic E-state index is -0.777. The number of hydrogen-bond acceptors (Lipinski definition) is 6. The van der Waals surface area contributed by atoms with E-state index in [9.17, 15) is 14.4 Å². The van der Waals surface area contributed by atoms with Crippen molar-refractivity contribution in [3.8, 4) is 0 Å². The van der Waals surface area contributed by atoms with Gasteiger partial charge in [0.1, 0.15) is 13.2 Å². The number of esters is 3. The molecule has 0 heterocycles. The number of ether oxygens (including phenoxy) is 3. The summed E-state index contributed by atoms with van der Waals surface area (Å²) in [5.41, 5.74) is 0. The van der Waals surface area contributed by atoms with Gasteiger partial charge in [0, 0.05) is 19.3 Å². The second-order valence-electron chi connectivity index (χ2n) is 24.9. The van der Waals surface area contributed by atoms with E-state index in [2.05, 4.69) is 57.2 Å². The summed E-state index contributed by atoms with van der Waals surface area (Å²) in [6, 6.07) is 0. The van der Waals surface area contributed by atoms with Crippen LogP contribution >= 0.6 is 0 Å². The van der Waals surface area contributed by atoms with Gasteiger partial charge >= 0.3 is 17.9 Å². The van der Waals surface area contributed by atoms with Crippen LogP contribution in [0.15, 0.2) is 36.5 Å². The molecule has 0 aromatic carbocycles. The Balaban J connectivity index is 4.24. The van der Waals surface area contributed by atoms with Crippen LogP contribution in [0.2, 0.25) is 0 Å². The van der Waals surface area contributed by atoms with E-state index in [1.165, 1.54) is 289 Å². The summed E-state index contributed by atoms with van der Waals surface area (Å²) in [7, 11) is 0. The molecule has 6 heteroatoms. The van der Waals surface area contributed by atoms with E-state index in [0.717, 1.165) is 77.0 Å². The quantitative estimate of drug-likeness (QED) is 0.0261. The molecule has 1 atom stereocenters. The average molecular weight is 1140 g/mol. The smallest absolute Gasteiger partial charge is 0.306 e. The van der Waals surface area contributed by atoms with Gasteiger partial charge in [-0.25, -0.2) is 0 Å². The molecule has 0 spiro atoms. The zero-order valence-electron chi connectivity index (χ0n) is 54.8. The van der Waals surface area contributed by atoms with Gasteiger partial charge in [0.15, 0.2) is 6.10 Å². The maximum Gasteiger partial charge on any atom is 0.306 e. The standard InChI is InChI=1S/C75H140O6/c1-4-7-10-13-16-19-22-25-28-30-32-34-36-38-40-41-43-45-47-50-53-56-59-62-65-68-74(77)80-71-72(70-79-73(76)67-64-61-58-55-52-49-27-24-21-18-15-12-9-6-3)81-75(78)69-66-63-60-57-54-51-48-46-44-42-39-37-35-33-31-29-26-23-20-17-14-11-8-5-2/h15,18,24,27,30,32,72H,4-14,16-17,19-23,25-26,28-29,31,33-71H2,1-3H3/b18-15-,27-24-,32-30-. The second-order valence-corrected chi connectivity index (χ2v) is 24.9. The van der Waals surface area contributed by atoms with Crippen LogP contribution in [0.4, 0.5) is 0 Å². The molecular weight excluding hydrogens is 997 g/mol. The number of rotatable bonds is 68. The Kier molecular flexibility index (Phi) is 68.1. The van der Waals surface area contributed by atoms with Crippen molar-refractivity contribution in [2.75, 3.05) is 13.2 Å². The zero-order valence-corrected chi connectivity index (χ0v) is 54.8. The largest absolute Gasteiger partial charge is 0.462 e. The van der Waals surface area contributed by atoms with Crippen LogP contribution in [0.5, 0.6) is 0 Å². The maximum absolute atomic E-state index is 13.0. The van der Waals surface area contributed by atoms with E-state index in [1.807, 2.05) is 0 Å². The van der Waals surface area contributed by atoms with Crippen LogP contribution in [0.1, 0.15) is 406 Å². The van der Waals surface area contributed by atoms with Crippen LogP contribution in [-0.4, -0.2) is 37.2 Å². The molecule has 0 aliphatic carbocycles. The van der Waals surface area contributed by atoms with Crippen LogP contribution in [0.3, 0.4) is 0 Å². The highest BCUT2D eigenvalue weighted by atomic mass is 16.6. The molecule has 0 fully saturated rings. The van der Waals surface area contributed by atoms with E-state index in [1.54, 1.807) is 0 Å². The Labute approximate surface area is 506 Å². The lowest BCUT2D eigenvalue weighted by atomic mass is 10.0. The Morgan fingerprint density at radius 1 is 0.247 bits per heavy atom. The molecule has 0 amide bonds. The highest BCUT2D eigenvalue weighted by Crippen LogP contribution is 2.19. The summed E-state index contributed by atoms with van der Waals surface area (Å²) in [5, 5.41) is 0. The molecule has 0 saturated carbocycles. The number of carbonyl (C=O) groups excluding carboxylic acids is 3. The van der Waals surface area contributed by atoms with E-state index >= 15 is 0 Å². The summed E-state index contributed by atoms with van der Waals surface area (Å²) in [6.45, 7) is 6.67. The first kappa shape index (κ1) is 78.6. The molecule has 0 aromatic rings. The van der Waals surface area contributed by atoms with E-state index < -0.39 is 6.10 Å². The lowest BCUT2D eigenvalue weighted by Gasteiger charge is -2.18. The highest BCUT2D eigenvalue weighted by Gasteiger charge is 2.19. The minimum Gasteiger partial charge on any atom is -0.462 e. The number of carbonyl (C=O) groups is 3. The Morgan fingerprint density at radius 3 is 0.728 bits per heavy atom. The average Bonchev–Trinajstić information content (AvgIpc) is 3.47. The van der Waals surface area contributed by atoms with E-state index in [-0.39, 0.29) is 31.1 Å². The fourth-order valence-corrected chi connectivity index (χ4v) is 11.1. The molecule has 0 aliphatic rings. The molecule has 6 nitrogen and oxygen atoms in total. The fourth-order valence-electron chi connectivity index (χ4n) is 11.1. The summed E-state index contributed by atoms with van der Waals surface area (Å²) in [5.74, 6) is -0.856. The monoisotopic (exact) mass is 1140 g/mol. The van der Waals surface area contributed by atoms with Gasteiger partial charge < -0.3 is 14.2 Å².